The van der Waals surface area contributed by atoms with Crippen LogP contribution in [0.3, 0.4) is 0 Å². The lowest BCUT2D eigenvalue weighted by atomic mass is 10.2. The van der Waals surface area contributed by atoms with Gasteiger partial charge in [-0.25, -0.2) is 4.79 Å². The quantitative estimate of drug-likeness (QED) is 0.459. The number of aliphatic carboxylic acids is 2. The van der Waals surface area contributed by atoms with Crippen LogP contribution in [-0.2, 0) is 20.8 Å². The first-order valence-corrected chi connectivity index (χ1v) is 5.79. The Bertz CT molecular complexity index is 194. The van der Waals surface area contributed by atoms with E-state index in [4.69, 9.17) is 10.2 Å². The second-order valence-corrected chi connectivity index (χ2v) is 4.46. The standard InChI is InChI=1S/C8H14O5S/c9-7(10)4-2-1-3-5-14(13)6-8(11)12/h1-6H2,(H,9,10)(H,11,12). The molecule has 0 bridgehead atoms. The molecule has 1 atom stereocenters. The van der Waals surface area contributed by atoms with Gasteiger partial charge in [0.1, 0.15) is 5.75 Å². The number of hydrogen-bond donors (Lipinski definition) is 2. The lowest BCUT2D eigenvalue weighted by Gasteiger charge is -2.07. The van der Waals surface area contributed by atoms with Gasteiger partial charge >= 0.3 is 11.9 Å². The molecule has 82 valence electrons. The van der Waals surface area contributed by atoms with Gasteiger partial charge in [-0.15, -0.1) is 0 Å². The number of carboxylic acid groups (broad SMARTS) is 2. The summed E-state index contributed by atoms with van der Waals surface area (Å²) in [6.07, 6.45) is 1.97. The van der Waals surface area contributed by atoms with Gasteiger partial charge in [0.25, 0.3) is 0 Å². The van der Waals surface area contributed by atoms with Gasteiger partial charge in [-0.2, -0.15) is 0 Å². The predicted octanol–water partition coefficient (Wildman–Crippen LogP) is 0.465. The first kappa shape index (κ1) is 13.2. The molecule has 0 saturated carbocycles. The van der Waals surface area contributed by atoms with Crippen molar-refractivity contribution in [1.29, 1.82) is 0 Å². The molecule has 0 spiro atoms. The summed E-state index contributed by atoms with van der Waals surface area (Å²) in [6, 6.07) is 0. The predicted molar refractivity (Wildman–Crippen MR) is 51.6 cm³/mol. The Kier molecular flexibility index (Phi) is 7.23. The van der Waals surface area contributed by atoms with Crippen LogP contribution in [0, 0.1) is 0 Å². The molecule has 0 amide bonds. The van der Waals surface area contributed by atoms with Crippen LogP contribution in [0.5, 0.6) is 0 Å². The topological polar surface area (TPSA) is 97.7 Å². The molecule has 0 fully saturated rings. The molecule has 0 radical (unpaired) electrons. The van der Waals surface area contributed by atoms with Crippen molar-refractivity contribution >= 4 is 23.1 Å². The van der Waals surface area contributed by atoms with Crippen molar-refractivity contribution in [2.75, 3.05) is 11.5 Å². The maximum Gasteiger partial charge on any atom is 0.353 e. The maximum atomic E-state index is 11.0. The molecule has 14 heavy (non-hydrogen) atoms. The van der Waals surface area contributed by atoms with Crippen molar-refractivity contribution in [2.24, 2.45) is 0 Å². The maximum absolute atomic E-state index is 11.0. The Labute approximate surface area is 85.3 Å². The highest BCUT2D eigenvalue weighted by Gasteiger charge is 2.10. The SMILES string of the molecule is O=C(O)CCCCC[S+]([O-])CC(=O)O. The van der Waals surface area contributed by atoms with E-state index in [2.05, 4.69) is 0 Å². The highest BCUT2D eigenvalue weighted by molar-refractivity contribution is 7.92. The molecular weight excluding hydrogens is 208 g/mol. The number of carbonyl (C=O) groups is 2. The molecule has 0 heterocycles. The van der Waals surface area contributed by atoms with E-state index in [0.29, 0.717) is 25.0 Å². The van der Waals surface area contributed by atoms with Crippen molar-refractivity contribution in [3.05, 3.63) is 0 Å². The van der Waals surface area contributed by atoms with Gasteiger partial charge in [0.15, 0.2) is 0 Å². The molecule has 0 aromatic rings. The van der Waals surface area contributed by atoms with Crippen LogP contribution in [0.15, 0.2) is 0 Å². The Morgan fingerprint density at radius 3 is 2.21 bits per heavy atom. The van der Waals surface area contributed by atoms with Gasteiger partial charge in [-0.1, -0.05) is 0 Å². The smallest absolute Gasteiger partial charge is 0.353 e. The van der Waals surface area contributed by atoms with Gasteiger partial charge in [0.05, 0.1) is 0 Å². The third-order valence-corrected chi connectivity index (χ3v) is 2.86. The number of hydrogen-bond acceptors (Lipinski definition) is 3. The fourth-order valence-electron chi connectivity index (χ4n) is 0.926. The minimum atomic E-state index is -1.31. The average molecular weight is 222 g/mol. The Morgan fingerprint density at radius 2 is 1.71 bits per heavy atom. The second kappa shape index (κ2) is 7.64. The zero-order chi connectivity index (χ0) is 11.0. The van der Waals surface area contributed by atoms with Gasteiger partial charge in [0.2, 0.25) is 5.75 Å². The van der Waals surface area contributed by atoms with Crippen LogP contribution in [0.25, 0.3) is 0 Å². The zero-order valence-electron chi connectivity index (χ0n) is 7.77. The van der Waals surface area contributed by atoms with Crippen molar-refractivity contribution in [1.82, 2.24) is 0 Å². The highest BCUT2D eigenvalue weighted by Crippen LogP contribution is 2.03. The molecule has 6 heteroatoms. The second-order valence-electron chi connectivity index (χ2n) is 2.89. The summed E-state index contributed by atoms with van der Waals surface area (Å²) < 4.78 is 11.0. The summed E-state index contributed by atoms with van der Waals surface area (Å²) in [5.41, 5.74) is 0. The zero-order valence-corrected chi connectivity index (χ0v) is 8.59. The average Bonchev–Trinajstić information content (AvgIpc) is 2.01. The van der Waals surface area contributed by atoms with E-state index in [-0.39, 0.29) is 12.2 Å². The van der Waals surface area contributed by atoms with Gasteiger partial charge in [-0.3, -0.25) is 4.79 Å². The Hall–Kier alpha value is -0.750. The van der Waals surface area contributed by atoms with Crippen LogP contribution >= 0.6 is 0 Å². The number of unbranched alkanes of at least 4 members (excludes halogenated alkanes) is 2. The third kappa shape index (κ3) is 9.34. The molecule has 0 aromatic carbocycles. The molecule has 0 aliphatic carbocycles. The van der Waals surface area contributed by atoms with E-state index >= 15 is 0 Å². The lowest BCUT2D eigenvalue weighted by molar-refractivity contribution is -0.137. The molecule has 0 aromatic heterocycles. The van der Waals surface area contributed by atoms with Crippen molar-refractivity contribution in [3.8, 4) is 0 Å². The van der Waals surface area contributed by atoms with E-state index < -0.39 is 23.1 Å². The fourth-order valence-corrected chi connectivity index (χ4v) is 1.87. The summed E-state index contributed by atoms with van der Waals surface area (Å²) in [5, 5.41) is 16.6. The van der Waals surface area contributed by atoms with Crippen LogP contribution in [0.4, 0.5) is 0 Å². The molecular formula is C8H14O5S. The van der Waals surface area contributed by atoms with E-state index in [0.717, 1.165) is 0 Å². The molecule has 0 aliphatic heterocycles. The third-order valence-electron chi connectivity index (χ3n) is 1.55. The van der Waals surface area contributed by atoms with E-state index in [9.17, 15) is 14.1 Å². The summed E-state index contributed by atoms with van der Waals surface area (Å²) in [6.45, 7) is 0. The molecule has 1 unspecified atom stereocenters. The Balaban J connectivity index is 3.27. The molecule has 0 saturated heterocycles. The summed E-state index contributed by atoms with van der Waals surface area (Å²) >= 11 is -1.31. The summed E-state index contributed by atoms with van der Waals surface area (Å²) in [5.74, 6) is -1.88. The van der Waals surface area contributed by atoms with E-state index in [1.807, 2.05) is 0 Å². The van der Waals surface area contributed by atoms with Crippen LogP contribution in [0.1, 0.15) is 25.7 Å². The van der Waals surface area contributed by atoms with Gasteiger partial charge in [0, 0.05) is 6.42 Å². The number of rotatable bonds is 8. The number of carboxylic acids is 2. The van der Waals surface area contributed by atoms with Gasteiger partial charge in [-0.05, 0) is 30.4 Å². The fraction of sp³-hybridized carbons (Fsp3) is 0.750. The van der Waals surface area contributed by atoms with Crippen molar-refractivity contribution in [3.63, 3.8) is 0 Å². The van der Waals surface area contributed by atoms with Crippen molar-refractivity contribution < 1.29 is 24.4 Å². The first-order valence-electron chi connectivity index (χ1n) is 4.31. The van der Waals surface area contributed by atoms with Gasteiger partial charge < -0.3 is 14.8 Å². The monoisotopic (exact) mass is 222 g/mol. The van der Waals surface area contributed by atoms with Crippen LogP contribution < -0.4 is 0 Å². The molecule has 0 rings (SSSR count). The first-order chi connectivity index (χ1) is 6.52. The van der Waals surface area contributed by atoms with Crippen LogP contribution in [-0.4, -0.2) is 38.2 Å². The Morgan fingerprint density at radius 1 is 1.07 bits per heavy atom. The summed E-state index contributed by atoms with van der Waals surface area (Å²) in [4.78, 5) is 20.2. The summed E-state index contributed by atoms with van der Waals surface area (Å²) in [7, 11) is 0. The minimum Gasteiger partial charge on any atom is -0.616 e. The minimum absolute atomic E-state index is 0.117. The lowest BCUT2D eigenvalue weighted by Crippen LogP contribution is -2.18. The van der Waals surface area contributed by atoms with E-state index in [1.54, 1.807) is 0 Å². The highest BCUT2D eigenvalue weighted by atomic mass is 32.2. The molecule has 2 N–H and O–H groups in total. The largest absolute Gasteiger partial charge is 0.616 e. The van der Waals surface area contributed by atoms with Crippen LogP contribution in [0.2, 0.25) is 0 Å². The van der Waals surface area contributed by atoms with E-state index in [1.165, 1.54) is 0 Å². The molecule has 0 aliphatic rings. The van der Waals surface area contributed by atoms with Crippen molar-refractivity contribution in [2.45, 2.75) is 25.7 Å². The molecule has 5 nitrogen and oxygen atoms in total. The normalized spacial score (nSPS) is 12.4.